The van der Waals surface area contributed by atoms with Gasteiger partial charge in [0.15, 0.2) is 5.11 Å². The third-order valence-electron chi connectivity index (χ3n) is 3.71. The second-order valence-corrected chi connectivity index (χ2v) is 5.82. The van der Waals surface area contributed by atoms with Crippen LogP contribution < -0.4 is 15.4 Å². The number of nitrogens with one attached hydrogen (secondary N) is 2. The number of rotatable bonds is 6. The maximum Gasteiger partial charge on any atom is 0.250 e. The van der Waals surface area contributed by atoms with Gasteiger partial charge >= 0.3 is 0 Å². The normalized spacial score (nSPS) is 11.8. The summed E-state index contributed by atoms with van der Waals surface area (Å²) in [4.78, 5) is 12.1. The number of methoxy groups -OCH3 is 1. The Hall–Kier alpha value is -2.66. The highest BCUT2D eigenvalue weighted by Gasteiger charge is 2.11. The minimum Gasteiger partial charge on any atom is -0.496 e. The molecule has 0 fully saturated rings. The fourth-order valence-electron chi connectivity index (χ4n) is 2.42. The summed E-state index contributed by atoms with van der Waals surface area (Å²) < 4.78 is 5.25. The van der Waals surface area contributed by atoms with Crippen molar-refractivity contribution < 1.29 is 9.53 Å². The topological polar surface area (TPSA) is 50.4 Å². The summed E-state index contributed by atoms with van der Waals surface area (Å²) in [5.74, 6) is 0.425. The van der Waals surface area contributed by atoms with Gasteiger partial charge in [-0.2, -0.15) is 0 Å². The zero-order valence-electron chi connectivity index (χ0n) is 14.4. The van der Waals surface area contributed by atoms with E-state index in [-0.39, 0.29) is 11.9 Å². The van der Waals surface area contributed by atoms with Crippen LogP contribution in [0.15, 0.2) is 60.7 Å². The largest absolute Gasteiger partial charge is 0.496 e. The van der Waals surface area contributed by atoms with Gasteiger partial charge in [0.25, 0.3) is 0 Å². The van der Waals surface area contributed by atoms with Gasteiger partial charge in [-0.1, -0.05) is 55.5 Å². The minimum atomic E-state index is -0.286. The molecule has 2 N–H and O–H groups in total. The zero-order valence-corrected chi connectivity index (χ0v) is 15.2. The summed E-state index contributed by atoms with van der Waals surface area (Å²) in [5.41, 5.74) is 1.96. The van der Waals surface area contributed by atoms with Crippen molar-refractivity contribution in [1.82, 2.24) is 10.6 Å². The van der Waals surface area contributed by atoms with Crippen LogP contribution in [-0.2, 0) is 4.79 Å². The van der Waals surface area contributed by atoms with E-state index in [1.54, 1.807) is 13.2 Å². The van der Waals surface area contributed by atoms with Crippen molar-refractivity contribution in [2.45, 2.75) is 19.4 Å². The lowest BCUT2D eigenvalue weighted by molar-refractivity contribution is -0.115. The average Bonchev–Trinajstić information content (AvgIpc) is 2.65. The lowest BCUT2D eigenvalue weighted by Crippen LogP contribution is -2.40. The molecule has 0 bridgehead atoms. The number of hydrogen-bond donors (Lipinski definition) is 2. The van der Waals surface area contributed by atoms with E-state index in [1.807, 2.05) is 54.6 Å². The van der Waals surface area contributed by atoms with Gasteiger partial charge < -0.3 is 10.1 Å². The molecule has 2 aromatic carbocycles. The predicted molar refractivity (Wildman–Crippen MR) is 105 cm³/mol. The first-order valence-corrected chi connectivity index (χ1v) is 8.52. The molecule has 4 nitrogen and oxygen atoms in total. The smallest absolute Gasteiger partial charge is 0.250 e. The highest BCUT2D eigenvalue weighted by Crippen LogP contribution is 2.18. The Kier molecular flexibility index (Phi) is 7.16. The Bertz CT molecular complexity index is 744. The Balaban J connectivity index is 1.93. The summed E-state index contributed by atoms with van der Waals surface area (Å²) in [5, 5.41) is 6.16. The summed E-state index contributed by atoms with van der Waals surface area (Å²) in [6.07, 6.45) is 4.00. The monoisotopic (exact) mass is 354 g/mol. The van der Waals surface area contributed by atoms with Crippen LogP contribution in [0.25, 0.3) is 6.08 Å². The number of benzene rings is 2. The molecule has 2 aromatic rings. The van der Waals surface area contributed by atoms with Crippen molar-refractivity contribution in [2.75, 3.05) is 7.11 Å². The molecular formula is C20H22N2O2S. The molecule has 0 radical (unpaired) electrons. The standard InChI is InChI=1S/C20H22N2O2S/c1-3-17(15-9-5-4-6-10-15)21-20(25)22-19(23)14-13-16-11-7-8-12-18(16)24-2/h4-14,17H,3H2,1-2H3,(H2,21,22,23,25)/b14-13+. The molecule has 130 valence electrons. The Morgan fingerprint density at radius 3 is 2.52 bits per heavy atom. The maximum atomic E-state index is 12.1. The Morgan fingerprint density at radius 1 is 1.16 bits per heavy atom. The number of ether oxygens (including phenoxy) is 1. The van der Waals surface area contributed by atoms with E-state index >= 15 is 0 Å². The Morgan fingerprint density at radius 2 is 1.84 bits per heavy atom. The SMILES string of the molecule is CCC(NC(=S)NC(=O)/C=C/c1ccccc1OC)c1ccccc1. The number of hydrogen-bond acceptors (Lipinski definition) is 3. The molecule has 1 unspecified atom stereocenters. The molecule has 1 amide bonds. The van der Waals surface area contributed by atoms with Crippen LogP contribution in [0.4, 0.5) is 0 Å². The first-order valence-electron chi connectivity index (χ1n) is 8.11. The van der Waals surface area contributed by atoms with E-state index in [2.05, 4.69) is 17.6 Å². The van der Waals surface area contributed by atoms with Crippen LogP contribution in [0.5, 0.6) is 5.75 Å². The quantitative estimate of drug-likeness (QED) is 0.611. The molecule has 1 atom stereocenters. The highest BCUT2D eigenvalue weighted by molar-refractivity contribution is 7.80. The summed E-state index contributed by atoms with van der Waals surface area (Å²) in [7, 11) is 1.60. The summed E-state index contributed by atoms with van der Waals surface area (Å²) in [6, 6.07) is 17.6. The number of amides is 1. The van der Waals surface area contributed by atoms with Crippen LogP contribution in [0.1, 0.15) is 30.5 Å². The predicted octanol–water partition coefficient (Wildman–Crippen LogP) is 3.85. The summed E-state index contributed by atoms with van der Waals surface area (Å²) >= 11 is 5.25. The van der Waals surface area contributed by atoms with E-state index in [4.69, 9.17) is 17.0 Å². The maximum absolute atomic E-state index is 12.1. The lowest BCUT2D eigenvalue weighted by atomic mass is 10.1. The molecule has 0 aliphatic carbocycles. The molecule has 25 heavy (non-hydrogen) atoms. The molecular weight excluding hydrogens is 332 g/mol. The van der Waals surface area contributed by atoms with Crippen LogP contribution in [0.2, 0.25) is 0 Å². The average molecular weight is 354 g/mol. The summed E-state index contributed by atoms with van der Waals surface area (Å²) in [6.45, 7) is 2.07. The first kappa shape index (κ1) is 18.7. The van der Waals surface area contributed by atoms with Crippen LogP contribution in [-0.4, -0.2) is 18.1 Å². The number of carbonyl (C=O) groups excluding carboxylic acids is 1. The van der Waals surface area contributed by atoms with E-state index in [9.17, 15) is 4.79 Å². The molecule has 0 spiro atoms. The van der Waals surface area contributed by atoms with Crippen molar-refractivity contribution >= 4 is 29.3 Å². The fourth-order valence-corrected chi connectivity index (χ4v) is 2.67. The molecule has 0 aliphatic heterocycles. The van der Waals surface area contributed by atoms with Gasteiger partial charge in [-0.3, -0.25) is 10.1 Å². The van der Waals surface area contributed by atoms with Gasteiger partial charge in [-0.05, 0) is 36.3 Å². The van der Waals surface area contributed by atoms with Crippen LogP contribution in [0, 0.1) is 0 Å². The second kappa shape index (κ2) is 9.59. The van der Waals surface area contributed by atoms with Crippen molar-refractivity contribution in [3.8, 4) is 5.75 Å². The molecule has 0 aliphatic rings. The van der Waals surface area contributed by atoms with Gasteiger partial charge in [0, 0.05) is 11.6 Å². The van der Waals surface area contributed by atoms with Crippen molar-refractivity contribution in [3.05, 3.63) is 71.8 Å². The van der Waals surface area contributed by atoms with E-state index in [1.165, 1.54) is 6.08 Å². The lowest BCUT2D eigenvalue weighted by Gasteiger charge is -2.19. The van der Waals surface area contributed by atoms with E-state index in [0.29, 0.717) is 10.9 Å². The van der Waals surface area contributed by atoms with Gasteiger partial charge in [-0.25, -0.2) is 0 Å². The van der Waals surface area contributed by atoms with Gasteiger partial charge in [0.2, 0.25) is 5.91 Å². The third kappa shape index (κ3) is 5.72. The zero-order chi connectivity index (χ0) is 18.1. The second-order valence-electron chi connectivity index (χ2n) is 5.41. The first-order chi connectivity index (χ1) is 12.1. The highest BCUT2D eigenvalue weighted by atomic mass is 32.1. The van der Waals surface area contributed by atoms with Crippen molar-refractivity contribution in [3.63, 3.8) is 0 Å². The molecule has 0 aromatic heterocycles. The van der Waals surface area contributed by atoms with E-state index in [0.717, 1.165) is 17.5 Å². The fraction of sp³-hybridized carbons (Fsp3) is 0.200. The van der Waals surface area contributed by atoms with Crippen molar-refractivity contribution in [2.24, 2.45) is 0 Å². The van der Waals surface area contributed by atoms with E-state index < -0.39 is 0 Å². The van der Waals surface area contributed by atoms with Crippen LogP contribution in [0.3, 0.4) is 0 Å². The number of para-hydroxylation sites is 1. The molecule has 0 heterocycles. The van der Waals surface area contributed by atoms with Gasteiger partial charge in [-0.15, -0.1) is 0 Å². The molecule has 5 heteroatoms. The minimum absolute atomic E-state index is 0.0622. The van der Waals surface area contributed by atoms with Crippen molar-refractivity contribution in [1.29, 1.82) is 0 Å². The third-order valence-corrected chi connectivity index (χ3v) is 3.93. The molecule has 0 saturated heterocycles. The molecule has 2 rings (SSSR count). The van der Waals surface area contributed by atoms with Gasteiger partial charge in [0.1, 0.15) is 5.75 Å². The van der Waals surface area contributed by atoms with Gasteiger partial charge in [0.05, 0.1) is 13.2 Å². The molecule has 0 saturated carbocycles. The Labute approximate surface area is 153 Å². The van der Waals surface area contributed by atoms with Crippen LogP contribution >= 0.6 is 12.2 Å². The number of carbonyl (C=O) groups is 1. The number of thiocarbonyl (C=S) groups is 1.